The van der Waals surface area contributed by atoms with Crippen LogP contribution >= 0.6 is 0 Å². The van der Waals surface area contributed by atoms with Crippen LogP contribution < -0.4 is 4.90 Å². The predicted molar refractivity (Wildman–Crippen MR) is 72.8 cm³/mol. The normalized spacial score (nSPS) is 19.1. The maximum absolute atomic E-state index is 11.0. The van der Waals surface area contributed by atoms with E-state index in [1.54, 1.807) is 19.4 Å². The highest BCUT2D eigenvalue weighted by Crippen LogP contribution is 2.17. The van der Waals surface area contributed by atoms with Crippen LogP contribution in [-0.4, -0.2) is 60.5 Å². The van der Waals surface area contributed by atoms with Crippen molar-refractivity contribution < 1.29 is 17.7 Å². The number of rotatable bonds is 4. The number of nitrogens with zero attached hydrogens (tertiary/aromatic N) is 4. The van der Waals surface area contributed by atoms with Gasteiger partial charge in [0.05, 0.1) is 0 Å². The van der Waals surface area contributed by atoms with Crippen LogP contribution in [0.4, 0.5) is 5.82 Å². The van der Waals surface area contributed by atoms with Crippen LogP contribution in [0.2, 0.25) is 0 Å². The predicted octanol–water partition coefficient (Wildman–Crippen LogP) is 0.109. The molecule has 1 aliphatic rings. The third kappa shape index (κ3) is 3.42. The topological polar surface area (TPSA) is 95.9 Å². The highest BCUT2D eigenvalue weighted by molar-refractivity contribution is 7.83. The molecule has 1 saturated heterocycles. The molecule has 1 fully saturated rings. The Morgan fingerprint density at radius 2 is 2.00 bits per heavy atom. The van der Waals surface area contributed by atoms with Gasteiger partial charge in [-0.1, -0.05) is 0 Å². The van der Waals surface area contributed by atoms with Crippen molar-refractivity contribution in [3.05, 3.63) is 18.1 Å². The highest BCUT2D eigenvalue weighted by atomic mass is 32.2. The first kappa shape index (κ1) is 15.1. The molecule has 0 radical (unpaired) electrons. The minimum absolute atomic E-state index is 0.200. The summed E-state index contributed by atoms with van der Waals surface area (Å²) in [5.41, 5.74) is 0. The molecule has 0 saturated carbocycles. The Morgan fingerprint density at radius 1 is 1.35 bits per heavy atom. The average Bonchev–Trinajstić information content (AvgIpc) is 2.46. The van der Waals surface area contributed by atoms with Crippen molar-refractivity contribution >= 4 is 16.1 Å². The lowest BCUT2D eigenvalue weighted by Crippen LogP contribution is -2.48. The third-order valence-electron chi connectivity index (χ3n) is 3.27. The Morgan fingerprint density at radius 3 is 2.55 bits per heavy atom. The SMILES string of the molecule is COC(C)c1nccc(N2CCN(S(=O)(=O)O)CC2)n1. The zero-order chi connectivity index (χ0) is 14.8. The van der Waals surface area contributed by atoms with Gasteiger partial charge in [0.2, 0.25) is 0 Å². The van der Waals surface area contributed by atoms with Crippen LogP contribution in [-0.2, 0) is 15.0 Å². The molecule has 112 valence electrons. The van der Waals surface area contributed by atoms with Gasteiger partial charge < -0.3 is 9.64 Å². The molecule has 1 atom stereocenters. The van der Waals surface area contributed by atoms with Gasteiger partial charge >= 0.3 is 10.3 Å². The first-order valence-electron chi connectivity index (χ1n) is 6.25. The monoisotopic (exact) mass is 302 g/mol. The van der Waals surface area contributed by atoms with Crippen molar-refractivity contribution in [3.63, 3.8) is 0 Å². The van der Waals surface area contributed by atoms with E-state index >= 15 is 0 Å². The second-order valence-corrected chi connectivity index (χ2v) is 5.93. The first-order valence-corrected chi connectivity index (χ1v) is 7.64. The minimum atomic E-state index is -4.10. The summed E-state index contributed by atoms with van der Waals surface area (Å²) in [5.74, 6) is 1.32. The molecule has 8 nitrogen and oxygen atoms in total. The van der Waals surface area contributed by atoms with E-state index in [2.05, 4.69) is 9.97 Å². The number of hydrogen-bond donors (Lipinski definition) is 1. The van der Waals surface area contributed by atoms with Crippen LogP contribution in [0.3, 0.4) is 0 Å². The number of piperazine rings is 1. The molecule has 2 rings (SSSR count). The number of methoxy groups -OCH3 is 1. The summed E-state index contributed by atoms with van der Waals surface area (Å²) in [6.07, 6.45) is 1.46. The van der Waals surface area contributed by atoms with Gasteiger partial charge in [0.15, 0.2) is 5.82 Å². The van der Waals surface area contributed by atoms with E-state index in [1.807, 2.05) is 11.8 Å². The molecule has 1 aromatic heterocycles. The lowest BCUT2D eigenvalue weighted by molar-refractivity contribution is 0.112. The number of anilines is 1. The van der Waals surface area contributed by atoms with Gasteiger partial charge in [-0.2, -0.15) is 12.7 Å². The summed E-state index contributed by atoms with van der Waals surface area (Å²) < 4.78 is 37.3. The van der Waals surface area contributed by atoms with Crippen LogP contribution in [0.25, 0.3) is 0 Å². The fourth-order valence-corrected chi connectivity index (χ4v) is 2.61. The molecular weight excluding hydrogens is 284 g/mol. The molecule has 0 spiro atoms. The van der Waals surface area contributed by atoms with Gasteiger partial charge in [0.1, 0.15) is 11.9 Å². The highest BCUT2D eigenvalue weighted by Gasteiger charge is 2.25. The first-order chi connectivity index (χ1) is 9.41. The third-order valence-corrected chi connectivity index (χ3v) is 4.28. The van der Waals surface area contributed by atoms with Crippen molar-refractivity contribution in [2.75, 3.05) is 38.2 Å². The summed E-state index contributed by atoms with van der Waals surface area (Å²) in [6.45, 7) is 3.26. The lowest BCUT2D eigenvalue weighted by Gasteiger charge is -2.33. The summed E-state index contributed by atoms with van der Waals surface area (Å²) in [4.78, 5) is 10.5. The maximum atomic E-state index is 11.0. The summed E-state index contributed by atoms with van der Waals surface area (Å²) >= 11 is 0. The molecule has 0 aromatic carbocycles. The van der Waals surface area contributed by atoms with Crippen LogP contribution in [0.5, 0.6) is 0 Å². The Bertz CT molecular complexity index is 557. The molecule has 20 heavy (non-hydrogen) atoms. The smallest absolute Gasteiger partial charge is 0.336 e. The number of hydrogen-bond acceptors (Lipinski definition) is 6. The van der Waals surface area contributed by atoms with Crippen molar-refractivity contribution in [1.29, 1.82) is 0 Å². The Kier molecular flexibility index (Phi) is 4.53. The largest absolute Gasteiger partial charge is 0.374 e. The number of ether oxygens (including phenoxy) is 1. The second kappa shape index (κ2) is 6.00. The van der Waals surface area contributed by atoms with Crippen molar-refractivity contribution in [3.8, 4) is 0 Å². The molecule has 2 heterocycles. The zero-order valence-corrected chi connectivity index (χ0v) is 12.2. The maximum Gasteiger partial charge on any atom is 0.336 e. The van der Waals surface area contributed by atoms with E-state index in [1.165, 1.54) is 0 Å². The van der Waals surface area contributed by atoms with Crippen molar-refractivity contribution in [2.24, 2.45) is 0 Å². The van der Waals surface area contributed by atoms with E-state index in [0.29, 0.717) is 18.9 Å². The Balaban J connectivity index is 2.07. The minimum Gasteiger partial charge on any atom is -0.374 e. The Labute approximate surface area is 118 Å². The van der Waals surface area contributed by atoms with E-state index in [4.69, 9.17) is 9.29 Å². The standard InChI is InChI=1S/C11H18N4O4S/c1-9(19-2)11-12-4-3-10(13-11)14-5-7-15(8-6-14)20(16,17)18/h3-4,9H,5-8H2,1-2H3,(H,16,17,18). The van der Waals surface area contributed by atoms with E-state index in [-0.39, 0.29) is 19.2 Å². The molecule has 1 unspecified atom stereocenters. The van der Waals surface area contributed by atoms with Crippen molar-refractivity contribution in [1.82, 2.24) is 14.3 Å². The summed E-state index contributed by atoms with van der Waals surface area (Å²) in [5, 5.41) is 0. The average molecular weight is 302 g/mol. The van der Waals surface area contributed by atoms with E-state index in [9.17, 15) is 8.42 Å². The molecule has 0 aliphatic carbocycles. The van der Waals surface area contributed by atoms with E-state index < -0.39 is 10.3 Å². The molecule has 1 aliphatic heterocycles. The fraction of sp³-hybridized carbons (Fsp3) is 0.636. The molecule has 0 bridgehead atoms. The quantitative estimate of drug-likeness (QED) is 0.788. The molecule has 1 N–H and O–H groups in total. The number of aromatic nitrogens is 2. The van der Waals surface area contributed by atoms with Gasteiger partial charge in [0.25, 0.3) is 0 Å². The second-order valence-electron chi connectivity index (χ2n) is 4.51. The fourth-order valence-electron chi connectivity index (χ4n) is 1.99. The molecule has 1 aromatic rings. The van der Waals surface area contributed by atoms with E-state index in [0.717, 1.165) is 10.1 Å². The van der Waals surface area contributed by atoms with Crippen LogP contribution in [0.15, 0.2) is 12.3 Å². The van der Waals surface area contributed by atoms with Gasteiger partial charge in [-0.05, 0) is 13.0 Å². The zero-order valence-electron chi connectivity index (χ0n) is 11.4. The lowest BCUT2D eigenvalue weighted by atomic mass is 10.3. The van der Waals surface area contributed by atoms with Gasteiger partial charge in [-0.25, -0.2) is 9.97 Å². The van der Waals surface area contributed by atoms with Crippen molar-refractivity contribution in [2.45, 2.75) is 13.0 Å². The van der Waals surface area contributed by atoms with Crippen LogP contribution in [0.1, 0.15) is 18.9 Å². The van der Waals surface area contributed by atoms with Gasteiger partial charge in [-0.3, -0.25) is 4.55 Å². The van der Waals surface area contributed by atoms with Gasteiger partial charge in [0, 0.05) is 39.5 Å². The van der Waals surface area contributed by atoms with Crippen LogP contribution in [0, 0.1) is 0 Å². The molecule has 0 amide bonds. The summed E-state index contributed by atoms with van der Waals surface area (Å²) in [7, 11) is -2.51. The molecule has 9 heteroatoms. The molecular formula is C11H18N4O4S. The Hall–Kier alpha value is -1.29. The van der Waals surface area contributed by atoms with Gasteiger partial charge in [-0.15, -0.1) is 0 Å². The summed E-state index contributed by atoms with van der Waals surface area (Å²) in [6, 6.07) is 1.77.